The van der Waals surface area contributed by atoms with Crippen LogP contribution in [0.1, 0.15) is 45.1 Å². The second kappa shape index (κ2) is 4.35. The van der Waals surface area contributed by atoms with Crippen molar-refractivity contribution in [3.63, 3.8) is 0 Å². The highest BCUT2D eigenvalue weighted by Gasteiger charge is 2.27. The molecule has 1 aliphatic carbocycles. The van der Waals surface area contributed by atoms with Gasteiger partial charge in [0.2, 0.25) is 5.95 Å². The van der Waals surface area contributed by atoms with Crippen LogP contribution in [0.3, 0.4) is 0 Å². The fraction of sp³-hybridized carbons (Fsp3) is 0.800. The lowest BCUT2D eigenvalue weighted by molar-refractivity contribution is 0.233. The topological polar surface area (TPSA) is 59.6 Å². The Morgan fingerprint density at radius 2 is 2.27 bits per heavy atom. The predicted octanol–water partition coefficient (Wildman–Crippen LogP) is 2.66. The van der Waals surface area contributed by atoms with E-state index in [1.165, 1.54) is 32.1 Å². The van der Waals surface area contributed by atoms with Crippen LogP contribution in [-0.4, -0.2) is 14.8 Å². The fourth-order valence-corrected chi connectivity index (χ4v) is 2.92. The summed E-state index contributed by atoms with van der Waals surface area (Å²) in [5, 5.41) is 6.75. The molecule has 1 heterocycles. The number of hydrogen-bond donors (Lipinski definition) is 2. The number of nitrogens with zero attached hydrogens (tertiary/aromatic N) is 2. The predicted molar refractivity (Wildman–Crippen MR) is 63.1 cm³/mol. The lowest BCUT2D eigenvalue weighted by Crippen LogP contribution is -2.24. The Balaban J connectivity index is 2.32. The van der Waals surface area contributed by atoms with Gasteiger partial charge in [0.05, 0.1) is 0 Å². The number of aromatic amines is 1. The van der Waals surface area contributed by atoms with Crippen LogP contribution < -0.4 is 5.73 Å². The Bertz CT molecular complexity index is 381. The van der Waals surface area contributed by atoms with E-state index in [1.54, 1.807) is 0 Å². The van der Waals surface area contributed by atoms with Crippen molar-refractivity contribution in [2.75, 3.05) is 5.73 Å². The van der Waals surface area contributed by atoms with Crippen molar-refractivity contribution in [2.45, 2.75) is 45.1 Å². The number of nitrogens with two attached hydrogens (primary N) is 1. The maximum atomic E-state index is 5.84. The highest BCUT2D eigenvalue weighted by atomic mass is 32.1. The van der Waals surface area contributed by atoms with Gasteiger partial charge in [-0.25, -0.2) is 5.10 Å². The summed E-state index contributed by atoms with van der Waals surface area (Å²) in [5.41, 5.74) is 5.84. The van der Waals surface area contributed by atoms with Gasteiger partial charge >= 0.3 is 0 Å². The summed E-state index contributed by atoms with van der Waals surface area (Å²) in [6.07, 6.45) is 6.26. The molecule has 0 radical (unpaired) electrons. The number of nitrogen functional groups attached to an aromatic ring is 1. The van der Waals surface area contributed by atoms with Gasteiger partial charge in [-0.15, -0.1) is 5.10 Å². The van der Waals surface area contributed by atoms with Gasteiger partial charge in [-0.2, -0.15) is 0 Å². The molecular formula is C10H18N4S. The smallest absolute Gasteiger partial charge is 0.220 e. The summed E-state index contributed by atoms with van der Waals surface area (Å²) in [5.74, 6) is 1.23. The molecule has 2 rings (SSSR count). The van der Waals surface area contributed by atoms with Gasteiger partial charge in [0.25, 0.3) is 0 Å². The molecule has 3 N–H and O–H groups in total. The molecule has 1 aromatic heterocycles. The van der Waals surface area contributed by atoms with E-state index in [0.29, 0.717) is 22.7 Å². The van der Waals surface area contributed by atoms with E-state index < -0.39 is 0 Å². The molecule has 4 nitrogen and oxygen atoms in total. The van der Waals surface area contributed by atoms with Gasteiger partial charge in [0.1, 0.15) is 0 Å². The molecule has 0 aliphatic heterocycles. The van der Waals surface area contributed by atoms with E-state index in [2.05, 4.69) is 17.1 Å². The van der Waals surface area contributed by atoms with Gasteiger partial charge in [-0.1, -0.05) is 26.2 Å². The molecule has 0 saturated heterocycles. The van der Waals surface area contributed by atoms with Gasteiger partial charge < -0.3 is 5.73 Å². The minimum absolute atomic E-state index is 0.454. The minimum atomic E-state index is 0.454. The molecule has 2 atom stereocenters. The van der Waals surface area contributed by atoms with Gasteiger partial charge in [-0.3, -0.25) is 4.57 Å². The van der Waals surface area contributed by atoms with Crippen molar-refractivity contribution in [2.24, 2.45) is 5.92 Å². The Labute approximate surface area is 94.9 Å². The van der Waals surface area contributed by atoms with Crippen LogP contribution in [0.25, 0.3) is 0 Å². The third-order valence-electron chi connectivity index (χ3n) is 3.46. The quantitative estimate of drug-likeness (QED) is 0.762. The normalized spacial score (nSPS) is 26.7. The maximum Gasteiger partial charge on any atom is 0.220 e. The van der Waals surface area contributed by atoms with Crippen LogP contribution in [0, 0.1) is 10.7 Å². The summed E-state index contributed by atoms with van der Waals surface area (Å²) in [4.78, 5) is 0. The summed E-state index contributed by atoms with van der Waals surface area (Å²) in [6.45, 7) is 2.24. The number of nitrogens with one attached hydrogen (secondary N) is 1. The van der Waals surface area contributed by atoms with Crippen molar-refractivity contribution in [3.8, 4) is 0 Å². The van der Waals surface area contributed by atoms with E-state index in [-0.39, 0.29) is 0 Å². The number of rotatable bonds is 2. The molecule has 1 saturated carbocycles. The maximum absolute atomic E-state index is 5.84. The summed E-state index contributed by atoms with van der Waals surface area (Å²) < 4.78 is 2.67. The molecule has 0 aromatic carbocycles. The second-order valence-electron chi connectivity index (χ2n) is 4.28. The average molecular weight is 226 g/mol. The molecule has 15 heavy (non-hydrogen) atoms. The van der Waals surface area contributed by atoms with Crippen molar-refractivity contribution in [3.05, 3.63) is 4.77 Å². The highest BCUT2D eigenvalue weighted by molar-refractivity contribution is 7.71. The molecule has 2 unspecified atom stereocenters. The van der Waals surface area contributed by atoms with Gasteiger partial charge in [0, 0.05) is 6.04 Å². The largest absolute Gasteiger partial charge is 0.368 e. The zero-order valence-electron chi connectivity index (χ0n) is 9.07. The standard InChI is InChI=1S/C10H18N4S/c1-2-7-5-3-4-6-8(7)14-9(11)12-13-10(14)15/h7-8H,2-6H2,1H3,(H2,11,12)(H,13,15). The van der Waals surface area contributed by atoms with Crippen molar-refractivity contribution < 1.29 is 0 Å². The van der Waals surface area contributed by atoms with E-state index in [1.807, 2.05) is 4.57 Å². The number of H-pyrrole nitrogens is 1. The Morgan fingerprint density at radius 3 is 2.87 bits per heavy atom. The second-order valence-corrected chi connectivity index (χ2v) is 4.66. The van der Waals surface area contributed by atoms with E-state index >= 15 is 0 Å². The summed E-state index contributed by atoms with van der Waals surface area (Å²) >= 11 is 5.22. The van der Waals surface area contributed by atoms with Crippen molar-refractivity contribution >= 4 is 18.2 Å². The molecule has 1 aliphatic rings. The molecule has 1 fully saturated rings. The first kappa shape index (κ1) is 10.7. The number of anilines is 1. The fourth-order valence-electron chi connectivity index (χ4n) is 2.64. The Hall–Kier alpha value is -0.840. The van der Waals surface area contributed by atoms with Crippen LogP contribution in [-0.2, 0) is 0 Å². The minimum Gasteiger partial charge on any atom is -0.368 e. The highest BCUT2D eigenvalue weighted by Crippen LogP contribution is 2.36. The third-order valence-corrected chi connectivity index (χ3v) is 3.74. The van der Waals surface area contributed by atoms with Crippen LogP contribution in [0.15, 0.2) is 0 Å². The van der Waals surface area contributed by atoms with Crippen LogP contribution >= 0.6 is 12.2 Å². The molecule has 0 amide bonds. The van der Waals surface area contributed by atoms with E-state index in [0.717, 1.165) is 0 Å². The summed E-state index contributed by atoms with van der Waals surface area (Å²) in [7, 11) is 0. The molecule has 5 heteroatoms. The Kier molecular flexibility index (Phi) is 3.09. The van der Waals surface area contributed by atoms with Crippen molar-refractivity contribution in [1.82, 2.24) is 14.8 Å². The van der Waals surface area contributed by atoms with E-state index in [9.17, 15) is 0 Å². The molecule has 0 spiro atoms. The van der Waals surface area contributed by atoms with Gasteiger partial charge in [-0.05, 0) is 31.0 Å². The summed E-state index contributed by atoms with van der Waals surface area (Å²) in [6, 6.07) is 0.454. The molecule has 84 valence electrons. The third kappa shape index (κ3) is 1.93. The first-order chi connectivity index (χ1) is 7.24. The van der Waals surface area contributed by atoms with Crippen molar-refractivity contribution in [1.29, 1.82) is 0 Å². The number of hydrogen-bond acceptors (Lipinski definition) is 3. The lowest BCUT2D eigenvalue weighted by Gasteiger charge is -2.31. The molecular weight excluding hydrogens is 208 g/mol. The zero-order valence-corrected chi connectivity index (χ0v) is 9.89. The molecule has 0 bridgehead atoms. The number of aromatic nitrogens is 3. The van der Waals surface area contributed by atoms with Crippen LogP contribution in [0.4, 0.5) is 5.95 Å². The van der Waals surface area contributed by atoms with Crippen LogP contribution in [0.2, 0.25) is 0 Å². The average Bonchev–Trinajstić information content (AvgIpc) is 2.59. The van der Waals surface area contributed by atoms with E-state index in [4.69, 9.17) is 18.0 Å². The zero-order chi connectivity index (χ0) is 10.8. The molecule has 1 aromatic rings. The first-order valence-corrected chi connectivity index (χ1v) is 6.07. The SMILES string of the molecule is CCC1CCCCC1n1c(N)n[nH]c1=S. The lowest BCUT2D eigenvalue weighted by atomic mass is 9.83. The van der Waals surface area contributed by atoms with Crippen LogP contribution in [0.5, 0.6) is 0 Å². The Morgan fingerprint density at radius 1 is 1.53 bits per heavy atom. The van der Waals surface area contributed by atoms with Gasteiger partial charge in [0.15, 0.2) is 4.77 Å². The monoisotopic (exact) mass is 226 g/mol. The first-order valence-electron chi connectivity index (χ1n) is 5.66.